The lowest BCUT2D eigenvalue weighted by molar-refractivity contribution is -0.128. The molecule has 3 heterocycles. The second kappa shape index (κ2) is 10.4. The highest BCUT2D eigenvalue weighted by molar-refractivity contribution is 6.33. The number of morpholine rings is 1. The van der Waals surface area contributed by atoms with E-state index in [0.717, 1.165) is 44.5 Å². The van der Waals surface area contributed by atoms with Crippen LogP contribution in [0.5, 0.6) is 0 Å². The van der Waals surface area contributed by atoms with Crippen LogP contribution in [-0.4, -0.2) is 56.5 Å². The highest BCUT2D eigenvalue weighted by Gasteiger charge is 2.23. The molecule has 1 atom stereocenters. The van der Waals surface area contributed by atoms with Crippen LogP contribution in [0.15, 0.2) is 30.5 Å². The molecule has 4 rings (SSSR count). The summed E-state index contributed by atoms with van der Waals surface area (Å²) in [6.07, 6.45) is 2.53. The summed E-state index contributed by atoms with van der Waals surface area (Å²) in [4.78, 5) is 16.4. The molecule has 31 heavy (non-hydrogen) atoms. The van der Waals surface area contributed by atoms with Crippen molar-refractivity contribution in [2.75, 3.05) is 50.1 Å². The zero-order valence-corrected chi connectivity index (χ0v) is 17.9. The Morgan fingerprint density at radius 1 is 1.23 bits per heavy atom. The minimum Gasteiger partial charge on any atom is -0.385 e. The second-order valence-electron chi connectivity index (χ2n) is 7.73. The van der Waals surface area contributed by atoms with E-state index >= 15 is 0 Å². The fourth-order valence-corrected chi connectivity index (χ4v) is 3.93. The summed E-state index contributed by atoms with van der Waals surface area (Å²) in [6, 6.07) is 6.93. The first kappa shape index (κ1) is 22.0. The summed E-state index contributed by atoms with van der Waals surface area (Å²) in [5.41, 5.74) is 1.66. The molecule has 2 fully saturated rings. The zero-order valence-electron chi connectivity index (χ0n) is 17.1. The van der Waals surface area contributed by atoms with Gasteiger partial charge in [-0.3, -0.25) is 4.79 Å². The van der Waals surface area contributed by atoms with Gasteiger partial charge in [-0.05, 0) is 43.0 Å². The number of carbonyl (C=O) groups is 1. The summed E-state index contributed by atoms with van der Waals surface area (Å²) in [7, 11) is 0. The number of aromatic nitrogens is 1. The maximum Gasteiger partial charge on any atom is 0.255 e. The number of hydrogen-bond acceptors (Lipinski definition) is 6. The van der Waals surface area contributed by atoms with Crippen LogP contribution in [0.2, 0.25) is 5.02 Å². The molecule has 1 aromatic heterocycles. The third kappa shape index (κ3) is 5.71. The van der Waals surface area contributed by atoms with Crippen molar-refractivity contribution < 1.29 is 18.7 Å². The molecule has 0 bridgehead atoms. The maximum absolute atomic E-state index is 14.6. The average Bonchev–Trinajstić information content (AvgIpc) is 2.81. The number of pyridine rings is 1. The molecule has 9 heteroatoms. The molecule has 7 nitrogen and oxygen atoms in total. The van der Waals surface area contributed by atoms with Gasteiger partial charge < -0.3 is 25.4 Å². The third-order valence-electron chi connectivity index (χ3n) is 5.52. The number of halogens is 2. The van der Waals surface area contributed by atoms with E-state index in [1.165, 1.54) is 6.07 Å². The van der Waals surface area contributed by atoms with Crippen LogP contribution in [0, 0.1) is 11.7 Å². The first-order valence-electron chi connectivity index (χ1n) is 10.5. The number of rotatable bonds is 6. The molecule has 1 amide bonds. The van der Waals surface area contributed by atoms with E-state index in [4.69, 9.17) is 21.1 Å². The summed E-state index contributed by atoms with van der Waals surface area (Å²) in [5, 5.41) is 9.63. The molecule has 2 aromatic rings. The van der Waals surface area contributed by atoms with E-state index in [0.29, 0.717) is 36.2 Å². The molecule has 0 saturated carbocycles. The Morgan fingerprint density at radius 3 is 2.84 bits per heavy atom. The molecule has 2 aliphatic rings. The lowest BCUT2D eigenvalue weighted by atomic mass is 10.00. The standard InChI is InChI=1S/C22H26ClFN4O3/c23-18-2-1-15(26-11-14-3-6-30-7-4-14)9-16(18)17-10-21(27-12-19(17)24)28-22(29)20-13-25-5-8-31-20/h1-2,9-10,12,14,20,25-26H,3-8,11,13H2,(H,27,28,29)/t20-/m1/s1. The van der Waals surface area contributed by atoms with Gasteiger partial charge in [-0.25, -0.2) is 9.37 Å². The molecule has 0 aliphatic carbocycles. The summed E-state index contributed by atoms with van der Waals surface area (Å²) in [5.74, 6) is -0.0525. The van der Waals surface area contributed by atoms with Crippen LogP contribution in [0.1, 0.15) is 12.8 Å². The van der Waals surface area contributed by atoms with Gasteiger partial charge in [0, 0.05) is 54.7 Å². The predicted octanol–water partition coefficient (Wildman–Crippen LogP) is 3.31. The SMILES string of the molecule is O=C(Nc1cc(-c2cc(NCC3CCOCC3)ccc2Cl)c(F)cn1)[C@H]1CNCCO1. The topological polar surface area (TPSA) is 84.5 Å². The zero-order chi connectivity index (χ0) is 21.6. The van der Waals surface area contributed by atoms with Gasteiger partial charge in [0.15, 0.2) is 0 Å². The van der Waals surface area contributed by atoms with Gasteiger partial charge in [-0.15, -0.1) is 0 Å². The van der Waals surface area contributed by atoms with Crippen LogP contribution in [-0.2, 0) is 14.3 Å². The van der Waals surface area contributed by atoms with E-state index < -0.39 is 11.9 Å². The van der Waals surface area contributed by atoms with Gasteiger partial charge in [-0.1, -0.05) is 11.6 Å². The van der Waals surface area contributed by atoms with Gasteiger partial charge in [0.2, 0.25) is 0 Å². The molecule has 0 spiro atoms. The summed E-state index contributed by atoms with van der Waals surface area (Å²) in [6.45, 7) is 3.99. The first-order chi connectivity index (χ1) is 15.1. The van der Waals surface area contributed by atoms with E-state index in [9.17, 15) is 9.18 Å². The van der Waals surface area contributed by atoms with E-state index in [2.05, 4.69) is 20.9 Å². The second-order valence-corrected chi connectivity index (χ2v) is 8.14. The normalized spacial score (nSPS) is 19.7. The Labute approximate surface area is 185 Å². The summed E-state index contributed by atoms with van der Waals surface area (Å²) >= 11 is 6.38. The van der Waals surface area contributed by atoms with Crippen molar-refractivity contribution in [2.45, 2.75) is 18.9 Å². The molecule has 3 N–H and O–H groups in total. The van der Waals surface area contributed by atoms with Crippen molar-refractivity contribution in [3.63, 3.8) is 0 Å². The van der Waals surface area contributed by atoms with Gasteiger partial charge in [-0.2, -0.15) is 0 Å². The smallest absolute Gasteiger partial charge is 0.255 e. The maximum atomic E-state index is 14.6. The minimum absolute atomic E-state index is 0.243. The molecule has 2 aliphatic heterocycles. The molecule has 1 aromatic carbocycles. The van der Waals surface area contributed by atoms with Crippen LogP contribution in [0.3, 0.4) is 0 Å². The van der Waals surface area contributed by atoms with Crippen LogP contribution in [0.4, 0.5) is 15.9 Å². The van der Waals surface area contributed by atoms with Crippen molar-refractivity contribution in [3.05, 3.63) is 41.3 Å². The largest absolute Gasteiger partial charge is 0.385 e. The molecule has 0 radical (unpaired) electrons. The third-order valence-corrected chi connectivity index (χ3v) is 5.85. The Morgan fingerprint density at radius 2 is 2.06 bits per heavy atom. The monoisotopic (exact) mass is 448 g/mol. The lowest BCUT2D eigenvalue weighted by Crippen LogP contribution is -2.45. The molecule has 166 valence electrons. The summed E-state index contributed by atoms with van der Waals surface area (Å²) < 4.78 is 25.5. The minimum atomic E-state index is -0.606. The number of hydrogen-bond donors (Lipinski definition) is 3. The van der Waals surface area contributed by atoms with Crippen LogP contribution in [0.25, 0.3) is 11.1 Å². The van der Waals surface area contributed by atoms with E-state index in [-0.39, 0.29) is 17.3 Å². The Kier molecular flexibility index (Phi) is 7.34. The number of benzene rings is 1. The highest BCUT2D eigenvalue weighted by Crippen LogP contribution is 2.33. The number of ether oxygens (including phenoxy) is 2. The first-order valence-corrected chi connectivity index (χ1v) is 10.9. The van der Waals surface area contributed by atoms with Gasteiger partial charge in [0.1, 0.15) is 17.7 Å². The van der Waals surface area contributed by atoms with E-state index in [1.54, 1.807) is 6.07 Å². The number of carbonyl (C=O) groups excluding carboxylic acids is 1. The van der Waals surface area contributed by atoms with Crippen molar-refractivity contribution >= 4 is 29.0 Å². The van der Waals surface area contributed by atoms with Crippen molar-refractivity contribution in [1.29, 1.82) is 0 Å². The Bertz CT molecular complexity index is 918. The van der Waals surface area contributed by atoms with Crippen molar-refractivity contribution in [1.82, 2.24) is 10.3 Å². The predicted molar refractivity (Wildman–Crippen MR) is 118 cm³/mol. The fourth-order valence-electron chi connectivity index (χ4n) is 3.71. The van der Waals surface area contributed by atoms with Gasteiger partial charge >= 0.3 is 0 Å². The quantitative estimate of drug-likeness (QED) is 0.628. The average molecular weight is 449 g/mol. The van der Waals surface area contributed by atoms with E-state index in [1.807, 2.05) is 12.1 Å². The van der Waals surface area contributed by atoms with Crippen molar-refractivity contribution in [2.24, 2.45) is 5.92 Å². The molecule has 2 saturated heterocycles. The van der Waals surface area contributed by atoms with Crippen molar-refractivity contribution in [3.8, 4) is 11.1 Å². The number of nitrogens with one attached hydrogen (secondary N) is 3. The number of amides is 1. The van der Waals surface area contributed by atoms with Crippen LogP contribution < -0.4 is 16.0 Å². The number of anilines is 2. The molecular weight excluding hydrogens is 423 g/mol. The Hall–Kier alpha value is -2.26. The van der Waals surface area contributed by atoms with Gasteiger partial charge in [0.05, 0.1) is 12.8 Å². The van der Waals surface area contributed by atoms with Crippen LogP contribution >= 0.6 is 11.6 Å². The Balaban J connectivity index is 1.49. The molecular formula is C22H26ClFN4O3. The highest BCUT2D eigenvalue weighted by atomic mass is 35.5. The van der Waals surface area contributed by atoms with Gasteiger partial charge in [0.25, 0.3) is 5.91 Å². The fraction of sp³-hybridized carbons (Fsp3) is 0.455. The molecule has 0 unspecified atom stereocenters. The number of nitrogens with zero attached hydrogens (tertiary/aromatic N) is 1. The lowest BCUT2D eigenvalue weighted by Gasteiger charge is -2.23.